The van der Waals surface area contributed by atoms with E-state index in [4.69, 9.17) is 9.47 Å². The molecule has 8 heteroatoms. The normalized spacial score (nSPS) is 11.5. The second-order valence-corrected chi connectivity index (χ2v) is 5.60. The minimum Gasteiger partial charge on any atom is -0.462 e. The first-order chi connectivity index (χ1) is 10.8. The predicted molar refractivity (Wildman–Crippen MR) is 86.6 cm³/mol. The van der Waals surface area contributed by atoms with Crippen LogP contribution in [0.4, 0.5) is 5.13 Å². The number of hydrogen-bond acceptors (Lipinski definition) is 7. The maximum Gasteiger partial charge on any atom is 0.350 e. The standard InChI is InChI=1S/C15H20N2O5S/c1-6-8-17(13(19)10(4)22-11(5)18)15-16-9(3)12(23-15)14(20)21-7-2/h6,10H,1,7-8H2,2-5H3/t10-/m0/s1. The lowest BCUT2D eigenvalue weighted by atomic mass is 10.3. The molecule has 1 rings (SSSR count). The fraction of sp³-hybridized carbons (Fsp3) is 0.467. The lowest BCUT2D eigenvalue weighted by Crippen LogP contribution is -2.40. The highest BCUT2D eigenvalue weighted by Gasteiger charge is 2.27. The van der Waals surface area contributed by atoms with Crippen molar-refractivity contribution >= 4 is 34.3 Å². The summed E-state index contributed by atoms with van der Waals surface area (Å²) in [6, 6.07) is 0. The summed E-state index contributed by atoms with van der Waals surface area (Å²) in [5.41, 5.74) is 0.477. The van der Waals surface area contributed by atoms with Gasteiger partial charge in [-0.05, 0) is 20.8 Å². The molecule has 0 aliphatic carbocycles. The fourth-order valence-corrected chi connectivity index (χ4v) is 2.77. The van der Waals surface area contributed by atoms with E-state index in [0.29, 0.717) is 15.7 Å². The first kappa shape index (κ1) is 18.8. The number of carbonyl (C=O) groups is 3. The van der Waals surface area contributed by atoms with Gasteiger partial charge in [-0.25, -0.2) is 9.78 Å². The molecule has 126 valence electrons. The molecule has 1 atom stereocenters. The zero-order valence-corrected chi connectivity index (χ0v) is 14.4. The summed E-state index contributed by atoms with van der Waals surface area (Å²) >= 11 is 1.05. The molecule has 0 bridgehead atoms. The van der Waals surface area contributed by atoms with Gasteiger partial charge in [0.15, 0.2) is 11.2 Å². The number of aromatic nitrogens is 1. The van der Waals surface area contributed by atoms with Crippen LogP contribution in [0, 0.1) is 6.92 Å². The Balaban J connectivity index is 3.08. The minimum absolute atomic E-state index is 0.180. The number of ether oxygens (including phenoxy) is 2. The summed E-state index contributed by atoms with van der Waals surface area (Å²) < 4.78 is 9.87. The van der Waals surface area contributed by atoms with Crippen LogP contribution < -0.4 is 4.90 Å². The van der Waals surface area contributed by atoms with Gasteiger partial charge in [0.2, 0.25) is 0 Å². The Bertz CT molecular complexity index is 611. The maximum absolute atomic E-state index is 12.4. The van der Waals surface area contributed by atoms with Crippen molar-refractivity contribution in [3.8, 4) is 0 Å². The maximum atomic E-state index is 12.4. The van der Waals surface area contributed by atoms with Crippen LogP contribution in [0.5, 0.6) is 0 Å². The molecule has 0 saturated heterocycles. The second kappa shape index (κ2) is 8.42. The molecule has 0 radical (unpaired) electrons. The molecular weight excluding hydrogens is 320 g/mol. The Morgan fingerprint density at radius 1 is 1.43 bits per heavy atom. The van der Waals surface area contributed by atoms with Crippen molar-refractivity contribution in [2.75, 3.05) is 18.1 Å². The molecule has 0 fully saturated rings. The summed E-state index contributed by atoms with van der Waals surface area (Å²) in [6.07, 6.45) is 0.571. The third kappa shape index (κ3) is 4.88. The van der Waals surface area contributed by atoms with Crippen molar-refractivity contribution < 1.29 is 23.9 Å². The van der Waals surface area contributed by atoms with Gasteiger partial charge in [0.05, 0.1) is 12.3 Å². The highest BCUT2D eigenvalue weighted by atomic mass is 32.1. The third-order valence-corrected chi connectivity index (χ3v) is 3.91. The van der Waals surface area contributed by atoms with Gasteiger partial charge >= 0.3 is 11.9 Å². The van der Waals surface area contributed by atoms with Crippen molar-refractivity contribution in [1.29, 1.82) is 0 Å². The largest absolute Gasteiger partial charge is 0.462 e. The highest BCUT2D eigenvalue weighted by Crippen LogP contribution is 2.27. The van der Waals surface area contributed by atoms with E-state index in [1.165, 1.54) is 24.8 Å². The van der Waals surface area contributed by atoms with Gasteiger partial charge in [0, 0.05) is 13.5 Å². The zero-order valence-electron chi connectivity index (χ0n) is 13.6. The fourth-order valence-electron chi connectivity index (χ4n) is 1.79. The van der Waals surface area contributed by atoms with Crippen LogP contribution in [0.3, 0.4) is 0 Å². The Morgan fingerprint density at radius 3 is 2.61 bits per heavy atom. The van der Waals surface area contributed by atoms with Crippen molar-refractivity contribution in [2.45, 2.75) is 33.8 Å². The Morgan fingerprint density at radius 2 is 2.09 bits per heavy atom. The van der Waals surface area contributed by atoms with Crippen molar-refractivity contribution in [1.82, 2.24) is 4.98 Å². The van der Waals surface area contributed by atoms with Crippen molar-refractivity contribution in [3.63, 3.8) is 0 Å². The molecule has 1 amide bonds. The second-order valence-electron chi connectivity index (χ2n) is 4.62. The van der Waals surface area contributed by atoms with Crippen LogP contribution in [0.2, 0.25) is 0 Å². The van der Waals surface area contributed by atoms with Gasteiger partial charge < -0.3 is 9.47 Å². The first-order valence-corrected chi connectivity index (χ1v) is 7.87. The van der Waals surface area contributed by atoms with E-state index in [2.05, 4.69) is 11.6 Å². The summed E-state index contributed by atoms with van der Waals surface area (Å²) in [4.78, 5) is 41.2. The molecule has 0 aliphatic rings. The first-order valence-electron chi connectivity index (χ1n) is 7.05. The van der Waals surface area contributed by atoms with Crippen LogP contribution in [0.1, 0.15) is 36.1 Å². The van der Waals surface area contributed by atoms with Crippen LogP contribution in [-0.4, -0.2) is 42.1 Å². The number of hydrogen-bond donors (Lipinski definition) is 0. The number of esters is 2. The SMILES string of the molecule is C=CCN(C(=O)[C@H](C)OC(C)=O)c1nc(C)c(C(=O)OCC)s1. The Labute approximate surface area is 138 Å². The molecule has 1 aromatic rings. The zero-order chi connectivity index (χ0) is 17.6. The Kier molecular flexibility index (Phi) is 6.89. The number of nitrogens with zero attached hydrogens (tertiary/aromatic N) is 2. The van der Waals surface area contributed by atoms with E-state index in [9.17, 15) is 14.4 Å². The third-order valence-electron chi connectivity index (χ3n) is 2.75. The summed E-state index contributed by atoms with van der Waals surface area (Å²) in [7, 11) is 0. The van der Waals surface area contributed by atoms with E-state index in [1.54, 1.807) is 13.8 Å². The lowest BCUT2D eigenvalue weighted by molar-refractivity contribution is -0.151. The predicted octanol–water partition coefficient (Wildman–Crippen LogP) is 2.10. The average Bonchev–Trinajstić information content (AvgIpc) is 2.85. The smallest absolute Gasteiger partial charge is 0.350 e. The molecule has 0 saturated carbocycles. The number of amides is 1. The molecule has 0 spiro atoms. The number of aryl methyl sites for hydroxylation is 1. The van der Waals surface area contributed by atoms with E-state index >= 15 is 0 Å². The molecule has 7 nitrogen and oxygen atoms in total. The number of anilines is 1. The minimum atomic E-state index is -0.956. The van der Waals surface area contributed by atoms with Crippen LogP contribution >= 0.6 is 11.3 Å². The van der Waals surface area contributed by atoms with Gasteiger partial charge in [0.1, 0.15) is 4.88 Å². The Hall–Kier alpha value is -2.22. The van der Waals surface area contributed by atoms with E-state index in [-0.39, 0.29) is 13.2 Å². The van der Waals surface area contributed by atoms with Gasteiger partial charge in [0.25, 0.3) is 5.91 Å². The highest BCUT2D eigenvalue weighted by molar-refractivity contribution is 7.17. The molecule has 1 aromatic heterocycles. The molecular formula is C15H20N2O5S. The van der Waals surface area contributed by atoms with Crippen LogP contribution in [0.25, 0.3) is 0 Å². The molecule has 0 aliphatic heterocycles. The molecule has 1 heterocycles. The lowest BCUT2D eigenvalue weighted by Gasteiger charge is -2.21. The van der Waals surface area contributed by atoms with E-state index < -0.39 is 23.9 Å². The van der Waals surface area contributed by atoms with E-state index in [0.717, 1.165) is 11.3 Å². The van der Waals surface area contributed by atoms with E-state index in [1.807, 2.05) is 0 Å². The molecule has 23 heavy (non-hydrogen) atoms. The van der Waals surface area contributed by atoms with Gasteiger partial charge in [-0.15, -0.1) is 6.58 Å². The van der Waals surface area contributed by atoms with Crippen LogP contribution in [-0.2, 0) is 19.1 Å². The van der Waals surface area contributed by atoms with Crippen LogP contribution in [0.15, 0.2) is 12.7 Å². The van der Waals surface area contributed by atoms with Gasteiger partial charge in [-0.2, -0.15) is 0 Å². The monoisotopic (exact) mass is 340 g/mol. The molecule has 0 unspecified atom stereocenters. The van der Waals surface area contributed by atoms with Gasteiger partial charge in [-0.3, -0.25) is 14.5 Å². The summed E-state index contributed by atoms with van der Waals surface area (Å²) in [5.74, 6) is -1.47. The number of thiazole rings is 1. The number of rotatable bonds is 7. The summed E-state index contributed by atoms with van der Waals surface area (Å²) in [5, 5.41) is 0.328. The quantitative estimate of drug-likeness (QED) is 0.558. The summed E-state index contributed by atoms with van der Waals surface area (Å²) in [6.45, 7) is 10.1. The van der Waals surface area contributed by atoms with Gasteiger partial charge in [-0.1, -0.05) is 17.4 Å². The molecule has 0 N–H and O–H groups in total. The molecule has 0 aromatic carbocycles. The number of carbonyl (C=O) groups excluding carboxylic acids is 3. The topological polar surface area (TPSA) is 85.8 Å². The van der Waals surface area contributed by atoms with Crippen molar-refractivity contribution in [2.24, 2.45) is 0 Å². The average molecular weight is 340 g/mol. The van der Waals surface area contributed by atoms with Crippen molar-refractivity contribution in [3.05, 3.63) is 23.2 Å².